The third kappa shape index (κ3) is 3.64. The number of hydrogen-bond donors (Lipinski definition) is 2. The third-order valence-electron chi connectivity index (χ3n) is 8.55. The van der Waals surface area contributed by atoms with E-state index in [2.05, 4.69) is 29.4 Å². The van der Waals surface area contributed by atoms with Gasteiger partial charge >= 0.3 is 5.97 Å². The summed E-state index contributed by atoms with van der Waals surface area (Å²) >= 11 is 0. The number of allylic oxidation sites excluding steroid dienone is 2. The Balaban J connectivity index is 1.38. The molecule has 1 saturated carbocycles. The van der Waals surface area contributed by atoms with E-state index in [1.165, 1.54) is 36.7 Å². The molecule has 178 valence electrons. The van der Waals surface area contributed by atoms with Crippen molar-refractivity contribution in [1.82, 2.24) is 10.3 Å². The molecule has 0 bridgehead atoms. The molecule has 1 fully saturated rings. The number of rotatable bonds is 4. The molecule has 6 heteroatoms. The first kappa shape index (κ1) is 22.8. The Morgan fingerprint density at radius 3 is 2.74 bits per heavy atom. The molecule has 5 rings (SSSR count). The van der Waals surface area contributed by atoms with Crippen molar-refractivity contribution in [3.05, 3.63) is 70.8 Å². The number of nitrogens with one attached hydrogen (secondary N) is 1. The molecule has 3 aliphatic carbocycles. The van der Waals surface area contributed by atoms with Gasteiger partial charge in [0.1, 0.15) is 11.4 Å². The number of amides is 1. The molecule has 34 heavy (non-hydrogen) atoms. The average Bonchev–Trinajstić information content (AvgIpc) is 3.15. The van der Waals surface area contributed by atoms with E-state index in [1.54, 1.807) is 12.3 Å². The van der Waals surface area contributed by atoms with Crippen LogP contribution in [0.5, 0.6) is 0 Å². The van der Waals surface area contributed by atoms with E-state index in [1.807, 2.05) is 12.1 Å². The molecular weight excluding hydrogens is 431 g/mol. The molecule has 1 heterocycles. The summed E-state index contributed by atoms with van der Waals surface area (Å²) in [7, 11) is 0. The molecule has 0 aliphatic heterocycles. The van der Waals surface area contributed by atoms with E-state index in [-0.39, 0.29) is 17.1 Å². The second-order valence-corrected chi connectivity index (χ2v) is 10.9. The van der Waals surface area contributed by atoms with Crippen LogP contribution in [-0.2, 0) is 11.2 Å². The lowest BCUT2D eigenvalue weighted by molar-refractivity contribution is -0.143. The van der Waals surface area contributed by atoms with E-state index >= 15 is 0 Å². The van der Waals surface area contributed by atoms with Gasteiger partial charge in [-0.15, -0.1) is 0 Å². The second-order valence-electron chi connectivity index (χ2n) is 10.9. The highest BCUT2D eigenvalue weighted by atomic mass is 19.1. The van der Waals surface area contributed by atoms with E-state index in [0.29, 0.717) is 23.3 Å². The fraction of sp³-hybridized carbons (Fsp3) is 0.464. The SMILES string of the molecule is CC(C)(NC(=O)c1ccc2c(c1)CCC1C2CC[C@]2(C)C(c3cncc(F)c3)=CCC12)C(=O)O. The topological polar surface area (TPSA) is 79.3 Å². The van der Waals surface area contributed by atoms with Crippen LogP contribution in [-0.4, -0.2) is 27.5 Å². The molecule has 3 unspecified atom stereocenters. The van der Waals surface area contributed by atoms with Crippen molar-refractivity contribution in [2.45, 2.75) is 64.3 Å². The minimum atomic E-state index is -1.32. The van der Waals surface area contributed by atoms with Crippen molar-refractivity contribution < 1.29 is 19.1 Å². The number of halogens is 1. The van der Waals surface area contributed by atoms with Crippen LogP contribution in [0.3, 0.4) is 0 Å². The summed E-state index contributed by atoms with van der Waals surface area (Å²) in [5, 5.41) is 11.9. The minimum absolute atomic E-state index is 0.0242. The summed E-state index contributed by atoms with van der Waals surface area (Å²) in [6.45, 7) is 5.31. The molecule has 5 nitrogen and oxygen atoms in total. The predicted molar refractivity (Wildman–Crippen MR) is 128 cm³/mol. The maximum absolute atomic E-state index is 13.9. The van der Waals surface area contributed by atoms with Crippen LogP contribution in [0.4, 0.5) is 4.39 Å². The zero-order valence-corrected chi connectivity index (χ0v) is 19.9. The average molecular weight is 463 g/mol. The molecule has 1 amide bonds. The van der Waals surface area contributed by atoms with Crippen molar-refractivity contribution in [3.8, 4) is 0 Å². The van der Waals surface area contributed by atoms with Crippen LogP contribution in [0.15, 0.2) is 42.7 Å². The summed E-state index contributed by atoms with van der Waals surface area (Å²) in [5.74, 6) is -0.207. The number of hydrogen-bond acceptors (Lipinski definition) is 3. The van der Waals surface area contributed by atoms with Crippen molar-refractivity contribution in [2.75, 3.05) is 0 Å². The molecule has 1 aromatic carbocycles. The third-order valence-corrected chi connectivity index (χ3v) is 8.55. The van der Waals surface area contributed by atoms with Crippen LogP contribution in [0.25, 0.3) is 5.57 Å². The molecule has 1 aromatic heterocycles. The highest BCUT2D eigenvalue weighted by Crippen LogP contribution is 2.63. The van der Waals surface area contributed by atoms with Crippen LogP contribution < -0.4 is 5.32 Å². The van der Waals surface area contributed by atoms with Crippen molar-refractivity contribution in [2.24, 2.45) is 17.3 Å². The van der Waals surface area contributed by atoms with Gasteiger partial charge in [0.05, 0.1) is 6.20 Å². The van der Waals surface area contributed by atoms with Gasteiger partial charge in [-0.1, -0.05) is 19.1 Å². The van der Waals surface area contributed by atoms with Gasteiger partial charge in [-0.2, -0.15) is 0 Å². The fourth-order valence-corrected chi connectivity index (χ4v) is 6.71. The Morgan fingerprint density at radius 2 is 2.00 bits per heavy atom. The summed E-state index contributed by atoms with van der Waals surface area (Å²) in [6, 6.07) is 7.46. The van der Waals surface area contributed by atoms with E-state index < -0.39 is 11.5 Å². The maximum atomic E-state index is 13.9. The Bertz CT molecular complexity index is 1200. The molecule has 0 radical (unpaired) electrons. The van der Waals surface area contributed by atoms with Crippen molar-refractivity contribution in [1.29, 1.82) is 0 Å². The predicted octanol–water partition coefficient (Wildman–Crippen LogP) is 5.36. The van der Waals surface area contributed by atoms with Gasteiger partial charge < -0.3 is 10.4 Å². The maximum Gasteiger partial charge on any atom is 0.328 e. The summed E-state index contributed by atoms with van der Waals surface area (Å²) in [5.41, 5.74) is 3.88. The molecule has 3 aliphatic rings. The van der Waals surface area contributed by atoms with Gasteiger partial charge in [0.25, 0.3) is 5.91 Å². The molecule has 0 saturated heterocycles. The van der Waals surface area contributed by atoms with Gasteiger partial charge in [-0.05, 0) is 110 Å². The number of nitrogens with zero attached hydrogens (tertiary/aromatic N) is 1. The van der Waals surface area contributed by atoms with Crippen LogP contribution >= 0.6 is 0 Å². The van der Waals surface area contributed by atoms with Crippen molar-refractivity contribution in [3.63, 3.8) is 0 Å². The minimum Gasteiger partial charge on any atom is -0.480 e. The van der Waals surface area contributed by atoms with E-state index in [9.17, 15) is 19.1 Å². The number of benzene rings is 1. The highest BCUT2D eigenvalue weighted by Gasteiger charge is 2.52. The number of carbonyl (C=O) groups excluding carboxylic acids is 1. The Hall–Kier alpha value is -3.02. The van der Waals surface area contributed by atoms with Gasteiger partial charge in [-0.3, -0.25) is 9.78 Å². The molecule has 0 spiro atoms. The number of aryl methyl sites for hydroxylation is 1. The van der Waals surface area contributed by atoms with Gasteiger partial charge in [0.2, 0.25) is 0 Å². The standard InChI is InChI=1S/C28H31FN2O3/c1-27(2,26(33)34)31-25(32)17-5-6-20-16(12-17)4-7-22-21(20)10-11-28(3)23(8-9-24(22)28)18-13-19(29)15-30-14-18/h5-6,8,12-15,21-22,24H,4,7,9-11H2,1-3H3,(H,31,32)(H,33,34)/t21?,22?,24?,28-/m1/s1. The lowest BCUT2D eigenvalue weighted by Crippen LogP contribution is -2.49. The van der Waals surface area contributed by atoms with E-state index in [0.717, 1.165) is 37.7 Å². The molecule has 2 N–H and O–H groups in total. The lowest BCUT2D eigenvalue weighted by Gasteiger charge is -2.50. The quantitative estimate of drug-likeness (QED) is 0.641. The molecule has 2 aromatic rings. The van der Waals surface area contributed by atoms with Gasteiger partial charge in [-0.25, -0.2) is 9.18 Å². The smallest absolute Gasteiger partial charge is 0.328 e. The number of carbonyl (C=O) groups is 2. The first-order chi connectivity index (χ1) is 16.1. The van der Waals surface area contributed by atoms with Crippen LogP contribution in [0.2, 0.25) is 0 Å². The largest absolute Gasteiger partial charge is 0.480 e. The number of carboxylic acids is 1. The number of aliphatic carboxylic acids is 1. The summed E-state index contributed by atoms with van der Waals surface area (Å²) < 4.78 is 13.9. The fourth-order valence-electron chi connectivity index (χ4n) is 6.71. The number of aromatic nitrogens is 1. The summed E-state index contributed by atoms with van der Waals surface area (Å²) in [4.78, 5) is 28.2. The number of fused-ring (bicyclic) bond motifs is 5. The van der Waals surface area contributed by atoms with Gasteiger partial charge in [0, 0.05) is 11.8 Å². The monoisotopic (exact) mass is 462 g/mol. The zero-order chi connectivity index (χ0) is 24.3. The first-order valence-corrected chi connectivity index (χ1v) is 12.1. The van der Waals surface area contributed by atoms with E-state index in [4.69, 9.17) is 0 Å². The summed E-state index contributed by atoms with van der Waals surface area (Å²) in [6.07, 6.45) is 10.4. The van der Waals surface area contributed by atoms with Crippen LogP contribution in [0, 0.1) is 23.1 Å². The lowest BCUT2D eigenvalue weighted by atomic mass is 9.54. The molecule has 4 atom stereocenters. The second kappa shape index (κ2) is 8.03. The zero-order valence-electron chi connectivity index (χ0n) is 19.9. The Labute approximate surface area is 199 Å². The van der Waals surface area contributed by atoms with Crippen molar-refractivity contribution >= 4 is 17.4 Å². The normalized spacial score (nSPS) is 27.8. The van der Waals surface area contributed by atoms with Crippen LogP contribution in [0.1, 0.15) is 79.4 Å². The van der Waals surface area contributed by atoms with Gasteiger partial charge in [0.15, 0.2) is 0 Å². The molecular formula is C28H31FN2O3. The highest BCUT2D eigenvalue weighted by molar-refractivity contribution is 5.97. The Kier molecular flexibility index (Phi) is 5.38. The first-order valence-electron chi connectivity index (χ1n) is 12.1. The number of pyridine rings is 1. The number of carboxylic acid groups (broad SMARTS) is 1. The Morgan fingerprint density at radius 1 is 1.21 bits per heavy atom.